The molecule has 2 N–H and O–H groups in total. The number of nitro benzene ring substituents is 1. The van der Waals surface area contributed by atoms with Crippen LogP contribution in [-0.4, -0.2) is 25.8 Å². The van der Waals surface area contributed by atoms with Gasteiger partial charge >= 0.3 is 6.18 Å². The largest absolute Gasteiger partial charge is 0.406 e. The quantitative estimate of drug-likeness (QED) is 0.552. The molecule has 3 rings (SSSR count). The smallest absolute Gasteiger partial charge is 0.338 e. The summed E-state index contributed by atoms with van der Waals surface area (Å²) in [5.41, 5.74) is 5.05. The molecule has 134 valence electrons. The van der Waals surface area contributed by atoms with Crippen molar-refractivity contribution in [1.82, 2.24) is 14.7 Å². The first-order valence-electron chi connectivity index (χ1n) is 6.66. The Balaban J connectivity index is 0.00000225. The molecule has 2 heterocycles. The van der Waals surface area contributed by atoms with Crippen LogP contribution < -0.4 is 5.73 Å². The van der Waals surface area contributed by atoms with Crippen LogP contribution in [0.4, 0.5) is 18.9 Å². The standard InChI is InChI=1S/C13H10F3N5O3.ClH/c14-13(15,16)6-20-8-2-1-3-9(21(22)23)7(8)4-10(20)12-18-11(5-17)24-19-12;/h1-4H,5-6,17H2;1H. The number of hydrogen-bond acceptors (Lipinski definition) is 6. The molecule has 1 aromatic carbocycles. The van der Waals surface area contributed by atoms with Crippen LogP contribution in [-0.2, 0) is 13.1 Å². The Kier molecular flexibility index (Phi) is 4.99. The molecule has 2 aromatic heterocycles. The zero-order valence-electron chi connectivity index (χ0n) is 12.4. The van der Waals surface area contributed by atoms with E-state index in [-0.39, 0.29) is 53.0 Å². The van der Waals surface area contributed by atoms with Crippen molar-refractivity contribution in [3.8, 4) is 11.5 Å². The second-order valence-corrected chi connectivity index (χ2v) is 4.91. The van der Waals surface area contributed by atoms with Crippen molar-refractivity contribution in [2.24, 2.45) is 5.73 Å². The molecule has 0 bridgehead atoms. The van der Waals surface area contributed by atoms with E-state index in [2.05, 4.69) is 10.1 Å². The second kappa shape index (κ2) is 6.69. The van der Waals surface area contributed by atoms with Gasteiger partial charge in [-0.15, -0.1) is 12.4 Å². The first-order valence-corrected chi connectivity index (χ1v) is 6.66. The van der Waals surface area contributed by atoms with Gasteiger partial charge in [-0.25, -0.2) is 0 Å². The third kappa shape index (κ3) is 3.56. The second-order valence-electron chi connectivity index (χ2n) is 4.91. The van der Waals surface area contributed by atoms with Crippen molar-refractivity contribution in [1.29, 1.82) is 0 Å². The lowest BCUT2D eigenvalue weighted by molar-refractivity contribution is -0.383. The molecule has 0 aliphatic heterocycles. The monoisotopic (exact) mass is 377 g/mol. The topological polar surface area (TPSA) is 113 Å². The van der Waals surface area contributed by atoms with Gasteiger partial charge in [-0.05, 0) is 12.1 Å². The molecule has 25 heavy (non-hydrogen) atoms. The molecular formula is C13H11ClF3N5O3. The average molecular weight is 378 g/mol. The summed E-state index contributed by atoms with van der Waals surface area (Å²) >= 11 is 0. The molecule has 0 amide bonds. The van der Waals surface area contributed by atoms with Gasteiger partial charge in [0.15, 0.2) is 0 Å². The van der Waals surface area contributed by atoms with E-state index in [1.165, 1.54) is 24.3 Å². The molecule has 12 heteroatoms. The number of aromatic nitrogens is 3. The number of hydrogen-bond donors (Lipinski definition) is 1. The maximum absolute atomic E-state index is 12.9. The minimum Gasteiger partial charge on any atom is -0.338 e. The molecule has 0 saturated carbocycles. The van der Waals surface area contributed by atoms with Crippen LogP contribution in [0.2, 0.25) is 0 Å². The number of alkyl halides is 3. The van der Waals surface area contributed by atoms with E-state index < -0.39 is 17.6 Å². The van der Waals surface area contributed by atoms with Crippen molar-refractivity contribution in [3.05, 3.63) is 40.3 Å². The third-order valence-electron chi connectivity index (χ3n) is 3.33. The first-order chi connectivity index (χ1) is 11.3. The predicted octanol–water partition coefficient (Wildman–Crippen LogP) is 3.04. The van der Waals surface area contributed by atoms with Crippen LogP contribution in [0.3, 0.4) is 0 Å². The van der Waals surface area contributed by atoms with Crippen molar-refractivity contribution < 1.29 is 22.6 Å². The number of nitrogens with zero attached hydrogens (tertiary/aromatic N) is 4. The van der Waals surface area contributed by atoms with Gasteiger partial charge in [0.05, 0.1) is 28.1 Å². The summed E-state index contributed by atoms with van der Waals surface area (Å²) < 4.78 is 44.5. The molecule has 0 radical (unpaired) electrons. The highest BCUT2D eigenvalue weighted by molar-refractivity contribution is 5.93. The number of rotatable bonds is 4. The van der Waals surface area contributed by atoms with Crippen LogP contribution in [0, 0.1) is 10.1 Å². The lowest BCUT2D eigenvalue weighted by atomic mass is 10.2. The molecule has 0 aliphatic carbocycles. The van der Waals surface area contributed by atoms with Crippen molar-refractivity contribution >= 4 is 29.0 Å². The zero-order chi connectivity index (χ0) is 17.5. The van der Waals surface area contributed by atoms with Crippen molar-refractivity contribution in [2.75, 3.05) is 0 Å². The highest BCUT2D eigenvalue weighted by Crippen LogP contribution is 2.34. The van der Waals surface area contributed by atoms with Gasteiger partial charge in [0.2, 0.25) is 11.7 Å². The Morgan fingerprint density at radius 2 is 2.08 bits per heavy atom. The molecule has 0 saturated heterocycles. The Morgan fingerprint density at radius 3 is 2.64 bits per heavy atom. The summed E-state index contributed by atoms with van der Waals surface area (Å²) in [4.78, 5) is 14.4. The van der Waals surface area contributed by atoms with Crippen LogP contribution in [0.15, 0.2) is 28.8 Å². The average Bonchev–Trinajstić information content (AvgIpc) is 3.10. The van der Waals surface area contributed by atoms with Gasteiger partial charge in [-0.2, -0.15) is 18.2 Å². The summed E-state index contributed by atoms with van der Waals surface area (Å²) in [5.74, 6) is -0.0755. The highest BCUT2D eigenvalue weighted by atomic mass is 35.5. The van der Waals surface area contributed by atoms with Crippen LogP contribution in [0.1, 0.15) is 5.89 Å². The number of benzene rings is 1. The molecule has 0 spiro atoms. The van der Waals surface area contributed by atoms with E-state index in [4.69, 9.17) is 10.3 Å². The fourth-order valence-electron chi connectivity index (χ4n) is 2.40. The minimum atomic E-state index is -4.54. The summed E-state index contributed by atoms with van der Waals surface area (Å²) in [6, 6.07) is 5.14. The van der Waals surface area contributed by atoms with Crippen molar-refractivity contribution in [2.45, 2.75) is 19.3 Å². The molecule has 3 aromatic rings. The van der Waals surface area contributed by atoms with Gasteiger partial charge in [0, 0.05) is 6.07 Å². The third-order valence-corrected chi connectivity index (χ3v) is 3.33. The van der Waals surface area contributed by atoms with E-state index in [1.54, 1.807) is 0 Å². The highest BCUT2D eigenvalue weighted by Gasteiger charge is 2.32. The summed E-state index contributed by atoms with van der Waals surface area (Å²) in [6.45, 7) is -1.42. The van der Waals surface area contributed by atoms with E-state index in [0.717, 1.165) is 4.57 Å². The zero-order valence-corrected chi connectivity index (χ0v) is 13.2. The Labute approximate surface area is 144 Å². The number of non-ortho nitro benzene ring substituents is 1. The molecule has 8 nitrogen and oxygen atoms in total. The lowest BCUT2D eigenvalue weighted by Crippen LogP contribution is -2.18. The van der Waals surface area contributed by atoms with E-state index in [1.807, 2.05) is 0 Å². The number of nitrogens with two attached hydrogens (primary N) is 1. The molecule has 0 aliphatic rings. The predicted molar refractivity (Wildman–Crippen MR) is 83.1 cm³/mol. The summed E-state index contributed by atoms with van der Waals surface area (Å²) in [7, 11) is 0. The normalized spacial score (nSPS) is 11.5. The lowest BCUT2D eigenvalue weighted by Gasteiger charge is -2.11. The van der Waals surface area contributed by atoms with Crippen LogP contribution in [0.25, 0.3) is 22.4 Å². The Hall–Kier alpha value is -2.66. The number of nitro groups is 1. The molecule has 0 fully saturated rings. The molecule has 0 unspecified atom stereocenters. The van der Waals surface area contributed by atoms with E-state index >= 15 is 0 Å². The van der Waals surface area contributed by atoms with E-state index in [0.29, 0.717) is 0 Å². The van der Waals surface area contributed by atoms with Gasteiger partial charge in [0.25, 0.3) is 5.69 Å². The van der Waals surface area contributed by atoms with Crippen molar-refractivity contribution in [3.63, 3.8) is 0 Å². The molecular weight excluding hydrogens is 367 g/mol. The number of fused-ring (bicyclic) bond motifs is 1. The first kappa shape index (κ1) is 18.7. The minimum absolute atomic E-state index is 0. The Morgan fingerprint density at radius 1 is 1.36 bits per heavy atom. The maximum atomic E-state index is 12.9. The Bertz CT molecular complexity index is 921. The van der Waals surface area contributed by atoms with Crippen LogP contribution >= 0.6 is 12.4 Å². The van der Waals surface area contributed by atoms with Gasteiger partial charge in [-0.1, -0.05) is 11.2 Å². The fraction of sp³-hybridized carbons (Fsp3) is 0.231. The van der Waals surface area contributed by atoms with Gasteiger partial charge < -0.3 is 14.8 Å². The maximum Gasteiger partial charge on any atom is 0.406 e. The molecule has 0 atom stereocenters. The summed E-state index contributed by atoms with van der Waals surface area (Å²) in [5, 5.41) is 14.8. The summed E-state index contributed by atoms with van der Waals surface area (Å²) in [6.07, 6.45) is -4.54. The SMILES string of the molecule is Cl.NCc1nc(-c2cc3c([N+](=O)[O-])cccc3n2CC(F)(F)F)no1. The van der Waals surface area contributed by atoms with Crippen LogP contribution in [0.5, 0.6) is 0 Å². The fourth-order valence-corrected chi connectivity index (χ4v) is 2.40. The van der Waals surface area contributed by atoms with Gasteiger partial charge in [0.1, 0.15) is 6.54 Å². The van der Waals surface area contributed by atoms with Gasteiger partial charge in [-0.3, -0.25) is 10.1 Å². The van der Waals surface area contributed by atoms with E-state index in [9.17, 15) is 23.3 Å². The number of halogens is 4.